The molecule has 4 N–H and O–H groups in total. The number of carbonyl (C=O) groups is 4. The molecule has 3 aliphatic rings. The molecule has 2 aliphatic heterocycles. The number of piperidine rings is 1. The number of hydrogen-bond donors (Lipinski definition) is 3. The van der Waals surface area contributed by atoms with Crippen molar-refractivity contribution in [3.8, 4) is 0 Å². The Balaban J connectivity index is 1.51. The smallest absolute Gasteiger partial charge is 0.262 e. The van der Waals surface area contributed by atoms with E-state index < -0.39 is 23.8 Å². The number of fused-ring (bicyclic) bond motifs is 1. The second-order valence-corrected chi connectivity index (χ2v) is 8.23. The highest BCUT2D eigenvalue weighted by Crippen LogP contribution is 2.30. The first kappa shape index (κ1) is 19.7. The van der Waals surface area contributed by atoms with Crippen molar-refractivity contribution in [2.75, 3.05) is 6.54 Å². The van der Waals surface area contributed by atoms with Gasteiger partial charge in [-0.05, 0) is 37.0 Å². The summed E-state index contributed by atoms with van der Waals surface area (Å²) in [5.74, 6) is -1.94. The van der Waals surface area contributed by atoms with Gasteiger partial charge in [-0.2, -0.15) is 0 Å². The zero-order valence-corrected chi connectivity index (χ0v) is 16.3. The van der Waals surface area contributed by atoms with Gasteiger partial charge >= 0.3 is 0 Å². The predicted octanol–water partition coefficient (Wildman–Crippen LogP) is 0.839. The molecule has 4 amide bonds. The van der Waals surface area contributed by atoms with E-state index in [-0.39, 0.29) is 24.3 Å². The number of carbonyl (C=O) groups excluding carboxylic acids is 4. The van der Waals surface area contributed by atoms with Gasteiger partial charge in [0.1, 0.15) is 6.04 Å². The number of nitrogens with two attached hydrogens (primary N) is 1. The van der Waals surface area contributed by atoms with E-state index in [1.165, 1.54) is 6.42 Å². The van der Waals surface area contributed by atoms with E-state index in [1.807, 2.05) is 6.07 Å². The van der Waals surface area contributed by atoms with E-state index in [2.05, 4.69) is 10.6 Å². The fourth-order valence-electron chi connectivity index (χ4n) is 4.60. The molecule has 0 aromatic heterocycles. The van der Waals surface area contributed by atoms with Crippen molar-refractivity contribution in [1.82, 2.24) is 15.5 Å². The molecule has 1 atom stereocenters. The zero-order chi connectivity index (χ0) is 20.6. The number of amides is 4. The van der Waals surface area contributed by atoms with Gasteiger partial charge in [0, 0.05) is 25.0 Å². The minimum absolute atomic E-state index is 0.0736. The lowest BCUT2D eigenvalue weighted by Gasteiger charge is -2.37. The monoisotopic (exact) mass is 398 g/mol. The molecular formula is C21H26N4O4. The minimum Gasteiger partial charge on any atom is -0.329 e. The highest BCUT2D eigenvalue weighted by Gasteiger charge is 2.44. The standard InChI is InChI=1S/C21H26N4O4/c22-12-21(8-2-1-3-9-21)23-11-13-4-5-14-15(10-13)20(29)25(19(14)28)16-6-7-17(26)24-18(16)27/h4-5,10,16,23H,1-3,6-9,11-12,22H2,(H,24,26,27). The normalized spacial score (nSPS) is 23.9. The van der Waals surface area contributed by atoms with Crippen molar-refractivity contribution in [3.05, 3.63) is 34.9 Å². The van der Waals surface area contributed by atoms with Crippen LogP contribution in [0.2, 0.25) is 0 Å². The molecule has 1 aromatic rings. The van der Waals surface area contributed by atoms with Crippen LogP contribution in [0.4, 0.5) is 0 Å². The maximum Gasteiger partial charge on any atom is 0.262 e. The first-order valence-corrected chi connectivity index (χ1v) is 10.2. The third-order valence-electron chi connectivity index (χ3n) is 6.37. The Bertz CT molecular complexity index is 875. The summed E-state index contributed by atoms with van der Waals surface area (Å²) in [5, 5.41) is 5.78. The highest BCUT2D eigenvalue weighted by atomic mass is 16.2. The zero-order valence-electron chi connectivity index (χ0n) is 16.3. The Morgan fingerprint density at radius 1 is 1.07 bits per heavy atom. The van der Waals surface area contributed by atoms with E-state index in [4.69, 9.17) is 5.73 Å². The van der Waals surface area contributed by atoms with Crippen LogP contribution in [0.15, 0.2) is 18.2 Å². The molecule has 0 radical (unpaired) electrons. The molecule has 8 heteroatoms. The lowest BCUT2D eigenvalue weighted by molar-refractivity contribution is -0.136. The van der Waals surface area contributed by atoms with Crippen molar-refractivity contribution >= 4 is 23.6 Å². The van der Waals surface area contributed by atoms with Crippen molar-refractivity contribution in [3.63, 3.8) is 0 Å². The van der Waals surface area contributed by atoms with Gasteiger partial charge in [-0.3, -0.25) is 29.4 Å². The van der Waals surface area contributed by atoms with Crippen molar-refractivity contribution in [2.45, 2.75) is 63.1 Å². The van der Waals surface area contributed by atoms with Crippen LogP contribution >= 0.6 is 0 Å². The topological polar surface area (TPSA) is 122 Å². The van der Waals surface area contributed by atoms with Gasteiger partial charge in [-0.1, -0.05) is 25.3 Å². The average Bonchev–Trinajstić information content (AvgIpc) is 2.97. The lowest BCUT2D eigenvalue weighted by atomic mass is 9.81. The molecule has 1 saturated carbocycles. The molecular weight excluding hydrogens is 372 g/mol. The summed E-state index contributed by atoms with van der Waals surface area (Å²) in [6, 6.07) is 4.26. The van der Waals surface area contributed by atoms with Gasteiger partial charge in [0.15, 0.2) is 0 Å². The molecule has 0 spiro atoms. The van der Waals surface area contributed by atoms with E-state index in [0.717, 1.165) is 36.1 Å². The van der Waals surface area contributed by atoms with Gasteiger partial charge in [0.05, 0.1) is 11.1 Å². The fourth-order valence-corrected chi connectivity index (χ4v) is 4.60. The van der Waals surface area contributed by atoms with Crippen molar-refractivity contribution < 1.29 is 19.2 Å². The summed E-state index contributed by atoms with van der Waals surface area (Å²) in [5.41, 5.74) is 7.46. The molecule has 29 heavy (non-hydrogen) atoms. The van der Waals surface area contributed by atoms with E-state index in [1.54, 1.807) is 12.1 Å². The number of hydrogen-bond acceptors (Lipinski definition) is 6. The van der Waals surface area contributed by atoms with Crippen molar-refractivity contribution in [2.24, 2.45) is 5.73 Å². The molecule has 0 bridgehead atoms. The number of benzene rings is 1. The molecule has 154 valence electrons. The number of nitrogens with zero attached hydrogens (tertiary/aromatic N) is 1. The van der Waals surface area contributed by atoms with Crippen LogP contribution in [0.5, 0.6) is 0 Å². The lowest BCUT2D eigenvalue weighted by Crippen LogP contribution is -2.54. The van der Waals surface area contributed by atoms with Gasteiger partial charge in [-0.15, -0.1) is 0 Å². The van der Waals surface area contributed by atoms with Crippen LogP contribution in [0.25, 0.3) is 0 Å². The second-order valence-electron chi connectivity index (χ2n) is 8.23. The van der Waals surface area contributed by atoms with Crippen LogP contribution in [0.1, 0.15) is 71.2 Å². The highest BCUT2D eigenvalue weighted by molar-refractivity contribution is 6.23. The van der Waals surface area contributed by atoms with E-state index in [0.29, 0.717) is 24.2 Å². The maximum atomic E-state index is 12.9. The summed E-state index contributed by atoms with van der Waals surface area (Å²) in [6.07, 6.45) is 5.88. The summed E-state index contributed by atoms with van der Waals surface area (Å²) >= 11 is 0. The Morgan fingerprint density at radius 3 is 2.48 bits per heavy atom. The Labute approximate surface area is 169 Å². The minimum atomic E-state index is -0.940. The van der Waals surface area contributed by atoms with Crippen LogP contribution in [0, 0.1) is 0 Å². The largest absolute Gasteiger partial charge is 0.329 e. The van der Waals surface area contributed by atoms with E-state index >= 15 is 0 Å². The molecule has 1 aromatic carbocycles. The second kappa shape index (κ2) is 7.68. The van der Waals surface area contributed by atoms with Gasteiger partial charge in [0.25, 0.3) is 11.8 Å². The number of imide groups is 2. The fraction of sp³-hybridized carbons (Fsp3) is 0.524. The van der Waals surface area contributed by atoms with Crippen LogP contribution < -0.4 is 16.4 Å². The van der Waals surface area contributed by atoms with Crippen molar-refractivity contribution in [1.29, 1.82) is 0 Å². The predicted molar refractivity (Wildman–Crippen MR) is 105 cm³/mol. The molecule has 4 rings (SSSR count). The SMILES string of the molecule is NCC1(NCc2ccc3c(c2)C(=O)N(C2CCC(=O)NC2=O)C3=O)CCCCC1. The van der Waals surface area contributed by atoms with Gasteiger partial charge in [0.2, 0.25) is 11.8 Å². The third-order valence-corrected chi connectivity index (χ3v) is 6.37. The van der Waals surface area contributed by atoms with Gasteiger partial charge < -0.3 is 11.1 Å². The molecule has 1 unspecified atom stereocenters. The van der Waals surface area contributed by atoms with E-state index in [9.17, 15) is 19.2 Å². The van der Waals surface area contributed by atoms with Crippen LogP contribution in [0.3, 0.4) is 0 Å². The first-order valence-electron chi connectivity index (χ1n) is 10.2. The summed E-state index contributed by atoms with van der Waals surface area (Å²) in [4.78, 5) is 50.2. The average molecular weight is 398 g/mol. The van der Waals surface area contributed by atoms with Crippen LogP contribution in [-0.2, 0) is 16.1 Å². The molecule has 1 aliphatic carbocycles. The number of rotatable bonds is 5. The summed E-state index contributed by atoms with van der Waals surface area (Å²) in [6.45, 7) is 1.13. The molecule has 2 fully saturated rings. The van der Waals surface area contributed by atoms with Gasteiger partial charge in [-0.25, -0.2) is 0 Å². The Kier molecular flexibility index (Phi) is 5.23. The molecule has 8 nitrogen and oxygen atoms in total. The maximum absolute atomic E-state index is 12.9. The third kappa shape index (κ3) is 3.58. The summed E-state index contributed by atoms with van der Waals surface area (Å²) < 4.78 is 0. The first-order chi connectivity index (χ1) is 13.9. The Morgan fingerprint density at radius 2 is 1.79 bits per heavy atom. The molecule has 1 saturated heterocycles. The quantitative estimate of drug-likeness (QED) is 0.632. The van der Waals surface area contributed by atoms with Crippen LogP contribution in [-0.4, -0.2) is 46.7 Å². The Hall–Kier alpha value is -2.58. The molecule has 2 heterocycles. The number of nitrogens with one attached hydrogen (secondary N) is 2. The summed E-state index contributed by atoms with van der Waals surface area (Å²) in [7, 11) is 0.